The fraction of sp³-hybridized carbons (Fsp3) is 0.222. The Morgan fingerprint density at radius 3 is 2.50 bits per heavy atom. The van der Waals surface area contributed by atoms with E-state index in [1.54, 1.807) is 11.9 Å². The standard InChI is InChI=1S/C9H10INO/c1-11(9(12)7-10)8-5-3-2-4-6-8/h2-6H,7H2,1H3. The lowest BCUT2D eigenvalue weighted by molar-refractivity contribution is -0.115. The van der Waals surface area contributed by atoms with Gasteiger partial charge in [0.25, 0.3) is 0 Å². The molecule has 0 aliphatic heterocycles. The minimum Gasteiger partial charge on any atom is -0.315 e. The Morgan fingerprint density at radius 1 is 1.42 bits per heavy atom. The van der Waals surface area contributed by atoms with Crippen LogP contribution in [0, 0.1) is 0 Å². The fourth-order valence-corrected chi connectivity index (χ4v) is 1.40. The number of para-hydroxylation sites is 1. The summed E-state index contributed by atoms with van der Waals surface area (Å²) in [6.45, 7) is 0. The highest BCUT2D eigenvalue weighted by Crippen LogP contribution is 2.11. The maximum Gasteiger partial charge on any atom is 0.236 e. The van der Waals surface area contributed by atoms with Gasteiger partial charge in [0.2, 0.25) is 5.91 Å². The van der Waals surface area contributed by atoms with Gasteiger partial charge in [0.15, 0.2) is 0 Å². The van der Waals surface area contributed by atoms with Crippen LogP contribution >= 0.6 is 22.6 Å². The normalized spacial score (nSPS) is 9.50. The average Bonchev–Trinajstić information content (AvgIpc) is 2.17. The van der Waals surface area contributed by atoms with Crippen molar-refractivity contribution in [3.8, 4) is 0 Å². The molecule has 0 bridgehead atoms. The molecule has 1 rings (SSSR count). The van der Waals surface area contributed by atoms with Crippen LogP contribution in [0.2, 0.25) is 0 Å². The molecule has 64 valence electrons. The Hall–Kier alpha value is -0.580. The van der Waals surface area contributed by atoms with Gasteiger partial charge < -0.3 is 4.90 Å². The second-order valence-corrected chi connectivity index (χ2v) is 3.18. The Bertz CT molecular complexity index is 260. The number of halogens is 1. The first kappa shape index (κ1) is 9.51. The van der Waals surface area contributed by atoms with Crippen molar-refractivity contribution in [2.24, 2.45) is 0 Å². The quantitative estimate of drug-likeness (QED) is 0.597. The summed E-state index contributed by atoms with van der Waals surface area (Å²) >= 11 is 2.06. The topological polar surface area (TPSA) is 20.3 Å². The molecule has 2 nitrogen and oxygen atoms in total. The molecule has 0 unspecified atom stereocenters. The van der Waals surface area contributed by atoms with E-state index in [0.717, 1.165) is 5.69 Å². The molecule has 0 aliphatic carbocycles. The van der Waals surface area contributed by atoms with E-state index in [1.807, 2.05) is 30.3 Å². The van der Waals surface area contributed by atoms with E-state index in [-0.39, 0.29) is 5.91 Å². The predicted octanol–water partition coefficient (Wildman–Crippen LogP) is 2.08. The summed E-state index contributed by atoms with van der Waals surface area (Å²) in [7, 11) is 1.79. The minimum atomic E-state index is 0.127. The highest BCUT2D eigenvalue weighted by atomic mass is 127. The lowest BCUT2D eigenvalue weighted by atomic mass is 10.3. The van der Waals surface area contributed by atoms with Crippen LogP contribution in [0.4, 0.5) is 5.69 Å². The van der Waals surface area contributed by atoms with Crippen LogP contribution in [0.15, 0.2) is 30.3 Å². The molecule has 1 aromatic carbocycles. The number of rotatable bonds is 2. The number of alkyl halides is 1. The van der Waals surface area contributed by atoms with E-state index in [2.05, 4.69) is 22.6 Å². The van der Waals surface area contributed by atoms with E-state index in [1.165, 1.54) is 0 Å². The molecule has 0 saturated heterocycles. The maximum atomic E-state index is 11.2. The van der Waals surface area contributed by atoms with Gasteiger partial charge in [-0.1, -0.05) is 40.8 Å². The van der Waals surface area contributed by atoms with Crippen LogP contribution in [0.25, 0.3) is 0 Å². The van der Waals surface area contributed by atoms with E-state index in [4.69, 9.17) is 0 Å². The van der Waals surface area contributed by atoms with Crippen LogP contribution in [0.3, 0.4) is 0 Å². The van der Waals surface area contributed by atoms with Gasteiger partial charge in [-0.3, -0.25) is 4.79 Å². The number of hydrogen-bond donors (Lipinski definition) is 0. The highest BCUT2D eigenvalue weighted by molar-refractivity contribution is 14.1. The Balaban J connectivity index is 2.78. The van der Waals surface area contributed by atoms with Gasteiger partial charge in [0.05, 0.1) is 4.43 Å². The fourth-order valence-electron chi connectivity index (χ4n) is 0.885. The Kier molecular flexibility index (Phi) is 3.52. The van der Waals surface area contributed by atoms with Gasteiger partial charge >= 0.3 is 0 Å². The zero-order valence-electron chi connectivity index (χ0n) is 6.83. The third-order valence-corrected chi connectivity index (χ3v) is 2.28. The Morgan fingerprint density at radius 2 is 2.00 bits per heavy atom. The van der Waals surface area contributed by atoms with Crippen molar-refractivity contribution in [3.05, 3.63) is 30.3 Å². The summed E-state index contributed by atoms with van der Waals surface area (Å²) < 4.78 is 0.517. The van der Waals surface area contributed by atoms with Gasteiger partial charge in [-0.2, -0.15) is 0 Å². The Labute approximate surface area is 85.7 Å². The highest BCUT2D eigenvalue weighted by Gasteiger charge is 2.06. The number of benzene rings is 1. The lowest BCUT2D eigenvalue weighted by Crippen LogP contribution is -2.26. The molecule has 0 aromatic heterocycles. The number of carbonyl (C=O) groups is 1. The van der Waals surface area contributed by atoms with Crippen LogP contribution in [0.1, 0.15) is 0 Å². The monoisotopic (exact) mass is 275 g/mol. The molecule has 0 N–H and O–H groups in total. The molecule has 3 heteroatoms. The van der Waals surface area contributed by atoms with Gasteiger partial charge in [-0.15, -0.1) is 0 Å². The minimum absolute atomic E-state index is 0.127. The van der Waals surface area contributed by atoms with Gasteiger partial charge in [-0.25, -0.2) is 0 Å². The van der Waals surface area contributed by atoms with Crippen LogP contribution < -0.4 is 4.90 Å². The third-order valence-electron chi connectivity index (χ3n) is 1.63. The van der Waals surface area contributed by atoms with E-state index in [0.29, 0.717) is 4.43 Å². The molecule has 1 amide bonds. The van der Waals surface area contributed by atoms with Crippen molar-refractivity contribution < 1.29 is 4.79 Å². The second kappa shape index (κ2) is 4.45. The summed E-state index contributed by atoms with van der Waals surface area (Å²) in [5, 5.41) is 0. The zero-order valence-corrected chi connectivity index (χ0v) is 8.98. The molecule has 0 aliphatic rings. The third kappa shape index (κ3) is 2.20. The summed E-state index contributed by atoms with van der Waals surface area (Å²) in [4.78, 5) is 12.9. The first-order chi connectivity index (χ1) is 5.75. The maximum absolute atomic E-state index is 11.2. The molecule has 1 aromatic rings. The molecule has 0 saturated carbocycles. The first-order valence-electron chi connectivity index (χ1n) is 3.63. The van der Waals surface area contributed by atoms with Crippen molar-refractivity contribution in [2.75, 3.05) is 16.4 Å². The SMILES string of the molecule is CN(C(=O)CI)c1ccccc1. The molecule has 0 radical (unpaired) electrons. The van der Waals surface area contributed by atoms with Gasteiger partial charge in [0, 0.05) is 12.7 Å². The van der Waals surface area contributed by atoms with Crippen LogP contribution in [0.5, 0.6) is 0 Å². The zero-order chi connectivity index (χ0) is 8.97. The van der Waals surface area contributed by atoms with Crippen molar-refractivity contribution in [1.29, 1.82) is 0 Å². The van der Waals surface area contributed by atoms with Crippen molar-refractivity contribution >= 4 is 34.2 Å². The summed E-state index contributed by atoms with van der Waals surface area (Å²) in [5.41, 5.74) is 0.944. The van der Waals surface area contributed by atoms with Crippen molar-refractivity contribution in [3.63, 3.8) is 0 Å². The summed E-state index contributed by atoms with van der Waals surface area (Å²) in [6.07, 6.45) is 0. The molecule has 0 atom stereocenters. The molecular formula is C9H10INO. The van der Waals surface area contributed by atoms with Crippen LogP contribution in [-0.2, 0) is 4.79 Å². The average molecular weight is 275 g/mol. The molecule has 0 spiro atoms. The lowest BCUT2D eigenvalue weighted by Gasteiger charge is -2.15. The number of anilines is 1. The van der Waals surface area contributed by atoms with E-state index >= 15 is 0 Å². The molecule has 0 heterocycles. The summed E-state index contributed by atoms with van der Waals surface area (Å²) in [6, 6.07) is 9.62. The van der Waals surface area contributed by atoms with Gasteiger partial charge in [0.1, 0.15) is 0 Å². The van der Waals surface area contributed by atoms with Crippen LogP contribution in [-0.4, -0.2) is 17.4 Å². The van der Waals surface area contributed by atoms with E-state index in [9.17, 15) is 4.79 Å². The molecule has 0 fully saturated rings. The van der Waals surface area contributed by atoms with Crippen molar-refractivity contribution in [2.45, 2.75) is 0 Å². The molecule has 12 heavy (non-hydrogen) atoms. The smallest absolute Gasteiger partial charge is 0.236 e. The molecular weight excluding hydrogens is 265 g/mol. The summed E-state index contributed by atoms with van der Waals surface area (Å²) in [5.74, 6) is 0.127. The first-order valence-corrected chi connectivity index (χ1v) is 5.16. The number of carbonyl (C=O) groups excluding carboxylic acids is 1. The number of hydrogen-bond acceptors (Lipinski definition) is 1. The predicted molar refractivity (Wildman–Crippen MR) is 58.7 cm³/mol. The van der Waals surface area contributed by atoms with Crippen molar-refractivity contribution in [1.82, 2.24) is 0 Å². The number of amides is 1. The second-order valence-electron chi connectivity index (χ2n) is 2.42. The van der Waals surface area contributed by atoms with E-state index < -0.39 is 0 Å². The van der Waals surface area contributed by atoms with Gasteiger partial charge in [-0.05, 0) is 12.1 Å². The number of nitrogens with zero attached hydrogens (tertiary/aromatic N) is 1. The largest absolute Gasteiger partial charge is 0.315 e.